The topological polar surface area (TPSA) is 44.5 Å². The molecule has 0 saturated carbocycles. The monoisotopic (exact) mass is 277 g/mol. The molecule has 0 aromatic heterocycles. The molecule has 0 aliphatic rings. The minimum Gasteiger partial charge on any atom is -0.496 e. The number of nitrogens with two attached hydrogens (primary N) is 1. The first kappa shape index (κ1) is 15.6. The summed E-state index contributed by atoms with van der Waals surface area (Å²) in [7, 11) is 2.55. The predicted molar refractivity (Wildman–Crippen MR) is 66.5 cm³/mol. The largest absolute Gasteiger partial charge is 0.496 e. The number of rotatable bonds is 5. The summed E-state index contributed by atoms with van der Waals surface area (Å²) in [5, 5.41) is 0. The Morgan fingerprint density at radius 1 is 1.16 bits per heavy atom. The molecular formula is C13H18F3NO2. The molecule has 0 aliphatic heterocycles. The molecule has 1 unspecified atom stereocenters. The van der Waals surface area contributed by atoms with Crippen LogP contribution in [0.2, 0.25) is 0 Å². The van der Waals surface area contributed by atoms with Gasteiger partial charge < -0.3 is 15.2 Å². The van der Waals surface area contributed by atoms with Gasteiger partial charge in [0.25, 0.3) is 0 Å². The summed E-state index contributed by atoms with van der Waals surface area (Å²) in [6.07, 6.45) is -3.31. The summed E-state index contributed by atoms with van der Waals surface area (Å²) in [4.78, 5) is 0. The first-order chi connectivity index (χ1) is 8.83. The van der Waals surface area contributed by atoms with Gasteiger partial charge in [0.2, 0.25) is 0 Å². The Hall–Kier alpha value is -1.43. The average Bonchev–Trinajstić information content (AvgIpc) is 2.36. The Labute approximate surface area is 110 Å². The van der Waals surface area contributed by atoms with Crippen molar-refractivity contribution in [3.05, 3.63) is 23.3 Å². The minimum atomic E-state index is -4.48. The lowest BCUT2D eigenvalue weighted by Crippen LogP contribution is -2.22. The van der Waals surface area contributed by atoms with Crippen molar-refractivity contribution in [3.63, 3.8) is 0 Å². The van der Waals surface area contributed by atoms with Crippen LogP contribution in [0.5, 0.6) is 11.5 Å². The molecule has 1 aromatic carbocycles. The maximum Gasteiger partial charge on any atom is 0.420 e. The van der Waals surface area contributed by atoms with Crippen LogP contribution in [0, 0.1) is 0 Å². The molecule has 108 valence electrons. The van der Waals surface area contributed by atoms with Gasteiger partial charge in [0, 0.05) is 6.04 Å². The van der Waals surface area contributed by atoms with Crippen molar-refractivity contribution in [2.45, 2.75) is 32.0 Å². The molecule has 0 radical (unpaired) electrons. The van der Waals surface area contributed by atoms with Crippen LogP contribution >= 0.6 is 0 Å². The fourth-order valence-corrected chi connectivity index (χ4v) is 1.77. The first-order valence-electron chi connectivity index (χ1n) is 5.91. The van der Waals surface area contributed by atoms with Crippen LogP contribution in [0.4, 0.5) is 13.2 Å². The van der Waals surface area contributed by atoms with Crippen molar-refractivity contribution in [1.82, 2.24) is 0 Å². The van der Waals surface area contributed by atoms with Crippen LogP contribution in [0.25, 0.3) is 0 Å². The highest BCUT2D eigenvalue weighted by Gasteiger charge is 2.35. The fraction of sp³-hybridized carbons (Fsp3) is 0.538. The van der Waals surface area contributed by atoms with E-state index in [1.54, 1.807) is 0 Å². The Morgan fingerprint density at radius 2 is 1.74 bits per heavy atom. The summed E-state index contributed by atoms with van der Waals surface area (Å²) >= 11 is 0. The van der Waals surface area contributed by atoms with Crippen molar-refractivity contribution in [2.75, 3.05) is 14.2 Å². The maximum atomic E-state index is 12.9. The van der Waals surface area contributed by atoms with Crippen LogP contribution < -0.4 is 15.2 Å². The standard InChI is InChI=1S/C13H18F3NO2/c1-4-9(17)5-8-6-12(19-3)10(13(14,15)16)7-11(8)18-2/h6-7,9H,4-5,17H2,1-3H3. The highest BCUT2D eigenvalue weighted by Crippen LogP contribution is 2.40. The van der Waals surface area contributed by atoms with Crippen molar-refractivity contribution in [2.24, 2.45) is 5.73 Å². The molecule has 0 aliphatic carbocycles. The molecule has 6 heteroatoms. The summed E-state index contributed by atoms with van der Waals surface area (Å²) in [6.45, 7) is 1.92. The second kappa shape index (κ2) is 6.14. The lowest BCUT2D eigenvalue weighted by atomic mass is 10.0. The number of halogens is 3. The third kappa shape index (κ3) is 3.76. The second-order valence-corrected chi connectivity index (χ2v) is 4.23. The molecule has 0 amide bonds. The third-order valence-corrected chi connectivity index (χ3v) is 2.91. The molecule has 0 spiro atoms. The summed E-state index contributed by atoms with van der Waals surface area (Å²) in [5.41, 5.74) is 5.59. The van der Waals surface area contributed by atoms with E-state index in [9.17, 15) is 13.2 Å². The van der Waals surface area contributed by atoms with E-state index in [2.05, 4.69) is 0 Å². The van der Waals surface area contributed by atoms with Gasteiger partial charge in [-0.05, 0) is 30.5 Å². The van der Waals surface area contributed by atoms with E-state index in [0.29, 0.717) is 12.0 Å². The van der Waals surface area contributed by atoms with Gasteiger partial charge >= 0.3 is 6.18 Å². The predicted octanol–water partition coefficient (Wildman–Crippen LogP) is 3.00. The van der Waals surface area contributed by atoms with Crippen molar-refractivity contribution in [3.8, 4) is 11.5 Å². The smallest absolute Gasteiger partial charge is 0.420 e. The van der Waals surface area contributed by atoms with E-state index in [1.807, 2.05) is 6.92 Å². The van der Waals surface area contributed by atoms with Crippen molar-refractivity contribution >= 4 is 0 Å². The van der Waals surface area contributed by atoms with Gasteiger partial charge in [-0.25, -0.2) is 0 Å². The van der Waals surface area contributed by atoms with E-state index in [1.165, 1.54) is 20.3 Å². The number of hydrogen-bond donors (Lipinski definition) is 1. The summed E-state index contributed by atoms with van der Waals surface area (Å²) in [5.74, 6) is -0.0383. The molecule has 0 fully saturated rings. The third-order valence-electron chi connectivity index (χ3n) is 2.91. The van der Waals surface area contributed by atoms with Gasteiger partial charge in [0.1, 0.15) is 17.1 Å². The molecule has 0 saturated heterocycles. The van der Waals surface area contributed by atoms with E-state index in [-0.39, 0.29) is 17.5 Å². The molecule has 19 heavy (non-hydrogen) atoms. The van der Waals surface area contributed by atoms with Gasteiger partial charge in [0.15, 0.2) is 0 Å². The van der Waals surface area contributed by atoms with Crippen LogP contribution in [0.3, 0.4) is 0 Å². The zero-order valence-corrected chi connectivity index (χ0v) is 11.2. The highest BCUT2D eigenvalue weighted by atomic mass is 19.4. The van der Waals surface area contributed by atoms with E-state index in [4.69, 9.17) is 15.2 Å². The van der Waals surface area contributed by atoms with E-state index >= 15 is 0 Å². The highest BCUT2D eigenvalue weighted by molar-refractivity contribution is 5.48. The minimum absolute atomic E-state index is 0.129. The number of methoxy groups -OCH3 is 2. The quantitative estimate of drug-likeness (QED) is 0.899. The first-order valence-corrected chi connectivity index (χ1v) is 5.91. The van der Waals surface area contributed by atoms with Gasteiger partial charge in [-0.1, -0.05) is 6.92 Å². The summed E-state index contributed by atoms with van der Waals surface area (Å²) < 4.78 is 48.4. The number of hydrogen-bond acceptors (Lipinski definition) is 3. The molecule has 0 bridgehead atoms. The zero-order valence-electron chi connectivity index (χ0n) is 11.2. The SMILES string of the molecule is CCC(N)Cc1cc(OC)c(C(F)(F)F)cc1OC. The van der Waals surface area contributed by atoms with Crippen LogP contribution in [0.1, 0.15) is 24.5 Å². The maximum absolute atomic E-state index is 12.9. The Balaban J connectivity index is 3.27. The fourth-order valence-electron chi connectivity index (χ4n) is 1.77. The van der Waals surface area contributed by atoms with Crippen molar-refractivity contribution < 1.29 is 22.6 Å². The lowest BCUT2D eigenvalue weighted by Gasteiger charge is -2.18. The molecule has 0 heterocycles. The van der Waals surface area contributed by atoms with E-state index in [0.717, 1.165) is 12.5 Å². The Kier molecular flexibility index (Phi) is 5.05. The average molecular weight is 277 g/mol. The van der Waals surface area contributed by atoms with Crippen LogP contribution in [-0.2, 0) is 12.6 Å². The number of ether oxygens (including phenoxy) is 2. The van der Waals surface area contributed by atoms with Gasteiger partial charge in [0.05, 0.1) is 14.2 Å². The van der Waals surface area contributed by atoms with Gasteiger partial charge in [-0.2, -0.15) is 13.2 Å². The molecular weight excluding hydrogens is 259 g/mol. The zero-order chi connectivity index (χ0) is 14.6. The van der Waals surface area contributed by atoms with Gasteiger partial charge in [-0.15, -0.1) is 0 Å². The molecule has 1 atom stereocenters. The molecule has 2 N–H and O–H groups in total. The Morgan fingerprint density at radius 3 is 2.16 bits per heavy atom. The molecule has 1 rings (SSSR count). The number of benzene rings is 1. The normalized spacial score (nSPS) is 13.2. The molecule has 3 nitrogen and oxygen atoms in total. The second-order valence-electron chi connectivity index (χ2n) is 4.23. The van der Waals surface area contributed by atoms with Crippen LogP contribution in [-0.4, -0.2) is 20.3 Å². The van der Waals surface area contributed by atoms with E-state index < -0.39 is 11.7 Å². The number of alkyl halides is 3. The lowest BCUT2D eigenvalue weighted by molar-refractivity contribution is -0.138. The summed E-state index contributed by atoms with van der Waals surface area (Å²) in [6, 6.07) is 2.17. The molecule has 1 aromatic rings. The van der Waals surface area contributed by atoms with Gasteiger partial charge in [-0.3, -0.25) is 0 Å². The Bertz CT molecular complexity index is 433. The van der Waals surface area contributed by atoms with Crippen LogP contribution in [0.15, 0.2) is 12.1 Å². The van der Waals surface area contributed by atoms with Crippen molar-refractivity contribution in [1.29, 1.82) is 0 Å².